The summed E-state index contributed by atoms with van der Waals surface area (Å²) in [7, 11) is 0. The van der Waals surface area contributed by atoms with Crippen molar-refractivity contribution in [3.63, 3.8) is 0 Å². The summed E-state index contributed by atoms with van der Waals surface area (Å²) in [5, 5.41) is 1.41. The lowest BCUT2D eigenvalue weighted by molar-refractivity contribution is 0.0729. The number of esters is 1. The van der Waals surface area contributed by atoms with Crippen molar-refractivity contribution in [2.75, 3.05) is 0 Å². The number of hydrogen-bond acceptors (Lipinski definition) is 5. The zero-order valence-electron chi connectivity index (χ0n) is 16.3. The molecule has 0 unspecified atom stereocenters. The summed E-state index contributed by atoms with van der Waals surface area (Å²) in [5.41, 5.74) is 1.37. The Bertz CT molecular complexity index is 1490. The van der Waals surface area contributed by atoms with Crippen molar-refractivity contribution in [3.05, 3.63) is 100 Å². The van der Waals surface area contributed by atoms with Gasteiger partial charge in [0.15, 0.2) is 0 Å². The predicted molar refractivity (Wildman–Crippen MR) is 114 cm³/mol. The van der Waals surface area contributed by atoms with Crippen molar-refractivity contribution in [1.29, 1.82) is 0 Å². The third-order valence-electron chi connectivity index (χ3n) is 5.03. The zero-order chi connectivity index (χ0) is 21.5. The Morgan fingerprint density at radius 1 is 0.903 bits per heavy atom. The molecule has 0 aliphatic carbocycles. The smallest absolute Gasteiger partial charge is 0.346 e. The van der Waals surface area contributed by atoms with Crippen LogP contribution in [-0.4, -0.2) is 5.97 Å². The van der Waals surface area contributed by atoms with E-state index in [-0.39, 0.29) is 11.3 Å². The number of halogens is 1. The predicted octanol–water partition coefficient (Wildman–Crippen LogP) is 5.87. The molecule has 3 aromatic carbocycles. The van der Waals surface area contributed by atoms with Crippen molar-refractivity contribution in [2.45, 2.75) is 6.92 Å². The van der Waals surface area contributed by atoms with Gasteiger partial charge in [0.2, 0.25) is 0 Å². The van der Waals surface area contributed by atoms with Gasteiger partial charge in [-0.05, 0) is 48.9 Å². The van der Waals surface area contributed by atoms with Crippen LogP contribution in [-0.2, 0) is 0 Å². The number of aryl methyl sites for hydroxylation is 1. The molecular weight excluding hydrogens is 399 g/mol. The average molecular weight is 414 g/mol. The molecule has 5 aromatic rings. The van der Waals surface area contributed by atoms with Crippen molar-refractivity contribution in [2.24, 2.45) is 0 Å². The molecule has 0 aliphatic heterocycles. The van der Waals surface area contributed by atoms with Gasteiger partial charge in [-0.2, -0.15) is 0 Å². The second-order valence-electron chi connectivity index (χ2n) is 7.11. The fourth-order valence-electron chi connectivity index (χ4n) is 3.50. The third-order valence-corrected chi connectivity index (χ3v) is 5.03. The molecular formula is C25H15FO5. The quantitative estimate of drug-likeness (QED) is 0.210. The zero-order valence-corrected chi connectivity index (χ0v) is 16.3. The number of hydrogen-bond donors (Lipinski definition) is 0. The van der Waals surface area contributed by atoms with Crippen LogP contribution in [0.2, 0.25) is 0 Å². The van der Waals surface area contributed by atoms with Gasteiger partial charge < -0.3 is 13.6 Å². The summed E-state index contributed by atoms with van der Waals surface area (Å²) >= 11 is 0. The van der Waals surface area contributed by atoms with Gasteiger partial charge in [0.05, 0.1) is 5.56 Å². The van der Waals surface area contributed by atoms with E-state index in [1.54, 1.807) is 25.1 Å². The molecule has 0 bridgehead atoms. The number of benzene rings is 3. The van der Waals surface area contributed by atoms with E-state index in [1.807, 2.05) is 30.3 Å². The van der Waals surface area contributed by atoms with Crippen LogP contribution >= 0.6 is 0 Å². The molecule has 0 atom stereocenters. The molecule has 0 radical (unpaired) electrons. The normalized spacial score (nSPS) is 11.2. The number of fused-ring (bicyclic) bond motifs is 2. The lowest BCUT2D eigenvalue weighted by Gasteiger charge is -2.10. The van der Waals surface area contributed by atoms with E-state index in [2.05, 4.69) is 0 Å². The van der Waals surface area contributed by atoms with Gasteiger partial charge in [0.1, 0.15) is 28.5 Å². The monoisotopic (exact) mass is 414 g/mol. The number of carbonyl (C=O) groups excluding carboxylic acids is 1. The Morgan fingerprint density at radius 2 is 1.68 bits per heavy atom. The Labute approximate surface area is 175 Å². The topological polar surface area (TPSA) is 69.7 Å². The van der Waals surface area contributed by atoms with Crippen molar-refractivity contribution in [1.82, 2.24) is 0 Å². The van der Waals surface area contributed by atoms with Gasteiger partial charge in [-0.15, -0.1) is 0 Å². The summed E-state index contributed by atoms with van der Waals surface area (Å²) in [6, 6.07) is 19.4. The first-order chi connectivity index (χ1) is 15.0. The van der Waals surface area contributed by atoms with Gasteiger partial charge in [-0.25, -0.2) is 14.0 Å². The van der Waals surface area contributed by atoms with E-state index in [1.165, 1.54) is 24.3 Å². The van der Waals surface area contributed by atoms with Gasteiger partial charge in [0.25, 0.3) is 0 Å². The van der Waals surface area contributed by atoms with Crippen LogP contribution in [0.3, 0.4) is 0 Å². The first kappa shape index (κ1) is 18.8. The fraction of sp³-hybridized carbons (Fsp3) is 0.0400. The number of para-hydroxylation sites is 1. The van der Waals surface area contributed by atoms with Crippen LogP contribution in [0.15, 0.2) is 86.4 Å². The molecule has 0 spiro atoms. The fourth-order valence-corrected chi connectivity index (χ4v) is 3.50. The Hall–Kier alpha value is -4.19. The first-order valence-corrected chi connectivity index (χ1v) is 9.54. The average Bonchev–Trinajstić information content (AvgIpc) is 3.18. The molecule has 0 fully saturated rings. The van der Waals surface area contributed by atoms with Crippen LogP contribution in [0, 0.1) is 12.7 Å². The molecule has 152 valence electrons. The third kappa shape index (κ3) is 3.38. The lowest BCUT2D eigenvalue weighted by atomic mass is 10.0. The molecule has 0 amide bonds. The maximum atomic E-state index is 14.0. The second kappa shape index (κ2) is 7.25. The minimum Gasteiger partial charge on any atom is -0.456 e. The number of furan rings is 1. The lowest BCUT2D eigenvalue weighted by Crippen LogP contribution is -2.11. The van der Waals surface area contributed by atoms with E-state index < -0.39 is 17.4 Å². The van der Waals surface area contributed by atoms with Crippen LogP contribution in [0.4, 0.5) is 4.39 Å². The Balaban J connectivity index is 1.65. The molecule has 0 saturated carbocycles. The summed E-state index contributed by atoms with van der Waals surface area (Å²) in [4.78, 5) is 24.6. The van der Waals surface area contributed by atoms with E-state index >= 15 is 0 Å². The van der Waals surface area contributed by atoms with Crippen LogP contribution in [0.1, 0.15) is 15.9 Å². The minimum absolute atomic E-state index is 0.168. The number of carbonyl (C=O) groups is 1. The molecule has 0 saturated heterocycles. The molecule has 2 aromatic heterocycles. The minimum atomic E-state index is -0.816. The second-order valence-corrected chi connectivity index (χ2v) is 7.11. The van der Waals surface area contributed by atoms with E-state index in [0.29, 0.717) is 33.4 Å². The standard InChI is InChI=1S/C25H15FO5/c1-14-10-22-17(12-21(14)31-25(28)16-7-3-4-8-19(16)26)18(13-24(27)30-22)23-11-15-6-2-5-9-20(15)29-23/h2-13H,1H3. The van der Waals surface area contributed by atoms with Crippen LogP contribution in [0.5, 0.6) is 5.75 Å². The maximum Gasteiger partial charge on any atom is 0.346 e. The number of ether oxygens (including phenoxy) is 1. The Kier molecular flexibility index (Phi) is 4.40. The molecule has 0 aliphatic rings. The summed E-state index contributed by atoms with van der Waals surface area (Å²) in [6.07, 6.45) is 0. The highest BCUT2D eigenvalue weighted by Gasteiger charge is 2.18. The van der Waals surface area contributed by atoms with Gasteiger partial charge in [-0.3, -0.25) is 0 Å². The van der Waals surface area contributed by atoms with Crippen LogP contribution < -0.4 is 10.4 Å². The molecule has 0 N–H and O–H groups in total. The molecule has 31 heavy (non-hydrogen) atoms. The van der Waals surface area contributed by atoms with Crippen molar-refractivity contribution in [3.8, 4) is 17.1 Å². The van der Waals surface area contributed by atoms with E-state index in [0.717, 1.165) is 5.39 Å². The first-order valence-electron chi connectivity index (χ1n) is 9.54. The highest BCUT2D eigenvalue weighted by Crippen LogP contribution is 2.35. The summed E-state index contributed by atoms with van der Waals surface area (Å²) in [6.45, 7) is 1.71. The Morgan fingerprint density at radius 3 is 2.48 bits per heavy atom. The SMILES string of the molecule is Cc1cc2oc(=O)cc(-c3cc4ccccc4o3)c2cc1OC(=O)c1ccccc1F. The largest absolute Gasteiger partial charge is 0.456 e. The molecule has 2 heterocycles. The van der Waals surface area contributed by atoms with E-state index in [9.17, 15) is 14.0 Å². The van der Waals surface area contributed by atoms with Gasteiger partial charge in [-0.1, -0.05) is 30.3 Å². The molecule has 5 rings (SSSR count). The maximum absolute atomic E-state index is 14.0. The highest BCUT2D eigenvalue weighted by molar-refractivity contribution is 5.97. The van der Waals surface area contributed by atoms with E-state index in [4.69, 9.17) is 13.6 Å². The number of rotatable bonds is 3. The van der Waals surface area contributed by atoms with Crippen molar-refractivity contribution >= 4 is 27.9 Å². The van der Waals surface area contributed by atoms with Crippen LogP contribution in [0.25, 0.3) is 33.3 Å². The van der Waals surface area contributed by atoms with Gasteiger partial charge in [0, 0.05) is 22.4 Å². The molecule has 5 nitrogen and oxygen atoms in total. The summed E-state index contributed by atoms with van der Waals surface area (Å²) in [5.74, 6) is -0.774. The summed E-state index contributed by atoms with van der Waals surface area (Å²) < 4.78 is 30.7. The van der Waals surface area contributed by atoms with Gasteiger partial charge >= 0.3 is 11.6 Å². The van der Waals surface area contributed by atoms with Crippen molar-refractivity contribution < 1.29 is 22.8 Å². The highest BCUT2D eigenvalue weighted by atomic mass is 19.1. The molecule has 6 heteroatoms.